The smallest absolute Gasteiger partial charge is 0.309 e. The maximum Gasteiger partial charge on any atom is 0.309 e. The highest BCUT2D eigenvalue weighted by Gasteiger charge is 2.50. The normalized spacial score (nSPS) is 39.2. The minimum Gasteiger partial charge on any atom is -0.461 e. The fourth-order valence-corrected chi connectivity index (χ4v) is 3.69. The SMILES string of the molecule is CC1=CC(=O)C2=C(C)CC[C@H]3[C@H](OC(=O)[C@H]3C)[C@@H]12. The summed E-state index contributed by atoms with van der Waals surface area (Å²) in [6.07, 6.45) is 3.44. The molecule has 3 aliphatic rings. The summed E-state index contributed by atoms with van der Waals surface area (Å²) in [5.41, 5.74) is 3.12. The highest BCUT2D eigenvalue weighted by atomic mass is 16.6. The molecule has 0 spiro atoms. The van der Waals surface area contributed by atoms with Crippen LogP contribution >= 0.6 is 0 Å². The third-order valence-corrected chi connectivity index (χ3v) is 4.76. The van der Waals surface area contributed by atoms with Crippen molar-refractivity contribution in [3.63, 3.8) is 0 Å². The number of rotatable bonds is 0. The van der Waals surface area contributed by atoms with E-state index < -0.39 is 0 Å². The van der Waals surface area contributed by atoms with E-state index in [1.54, 1.807) is 6.08 Å². The number of carbonyl (C=O) groups excluding carboxylic acids is 2. The minimum absolute atomic E-state index is 0.0129. The summed E-state index contributed by atoms with van der Waals surface area (Å²) in [5.74, 6) is 0.246. The van der Waals surface area contributed by atoms with Gasteiger partial charge in [0.25, 0.3) is 0 Å². The van der Waals surface area contributed by atoms with Crippen molar-refractivity contribution in [2.75, 3.05) is 0 Å². The summed E-state index contributed by atoms with van der Waals surface area (Å²) in [6.45, 7) is 5.96. The first kappa shape index (κ1) is 11.7. The Morgan fingerprint density at radius 2 is 2.00 bits per heavy atom. The highest BCUT2D eigenvalue weighted by Crippen LogP contribution is 2.47. The lowest BCUT2D eigenvalue weighted by Crippen LogP contribution is -2.28. The maximum absolute atomic E-state index is 12.1. The second kappa shape index (κ2) is 3.81. The Kier molecular flexibility index (Phi) is 2.47. The van der Waals surface area contributed by atoms with Crippen molar-refractivity contribution in [3.8, 4) is 0 Å². The Morgan fingerprint density at radius 3 is 2.72 bits per heavy atom. The second-order valence-electron chi connectivity index (χ2n) is 5.82. The molecule has 0 amide bonds. The number of ether oxygens (including phenoxy) is 1. The number of allylic oxidation sites excluding steroid dienone is 2. The number of hydrogen-bond acceptors (Lipinski definition) is 3. The van der Waals surface area contributed by atoms with Gasteiger partial charge >= 0.3 is 5.97 Å². The van der Waals surface area contributed by atoms with Crippen LogP contribution < -0.4 is 0 Å². The van der Waals surface area contributed by atoms with Gasteiger partial charge in [0.1, 0.15) is 6.10 Å². The van der Waals surface area contributed by atoms with Crippen molar-refractivity contribution in [2.24, 2.45) is 17.8 Å². The molecule has 0 saturated carbocycles. The van der Waals surface area contributed by atoms with Crippen molar-refractivity contribution >= 4 is 11.8 Å². The van der Waals surface area contributed by atoms with Gasteiger partial charge in [-0.3, -0.25) is 9.59 Å². The van der Waals surface area contributed by atoms with Crippen molar-refractivity contribution < 1.29 is 14.3 Å². The van der Waals surface area contributed by atoms with Gasteiger partial charge in [-0.05, 0) is 32.8 Å². The van der Waals surface area contributed by atoms with Crippen LogP contribution in [0.2, 0.25) is 0 Å². The van der Waals surface area contributed by atoms with Gasteiger partial charge in [-0.2, -0.15) is 0 Å². The van der Waals surface area contributed by atoms with Crippen molar-refractivity contribution in [3.05, 3.63) is 22.8 Å². The molecule has 0 aromatic rings. The van der Waals surface area contributed by atoms with Gasteiger partial charge in [-0.1, -0.05) is 18.1 Å². The average Bonchev–Trinajstić information content (AvgIpc) is 2.68. The van der Waals surface area contributed by atoms with E-state index in [0.29, 0.717) is 0 Å². The Balaban J connectivity index is 2.07. The monoisotopic (exact) mass is 246 g/mol. The van der Waals surface area contributed by atoms with Gasteiger partial charge in [-0.15, -0.1) is 0 Å². The molecule has 96 valence electrons. The van der Waals surface area contributed by atoms with Crippen LogP contribution in [0.4, 0.5) is 0 Å². The molecule has 0 radical (unpaired) electrons. The predicted molar refractivity (Wildman–Crippen MR) is 66.7 cm³/mol. The quantitative estimate of drug-likeness (QED) is 0.616. The van der Waals surface area contributed by atoms with Crippen molar-refractivity contribution in [2.45, 2.75) is 39.7 Å². The highest BCUT2D eigenvalue weighted by molar-refractivity contribution is 6.09. The average molecular weight is 246 g/mol. The van der Waals surface area contributed by atoms with Crippen molar-refractivity contribution in [1.82, 2.24) is 0 Å². The Bertz CT molecular complexity index is 498. The summed E-state index contributed by atoms with van der Waals surface area (Å²) in [4.78, 5) is 23.8. The number of hydrogen-bond donors (Lipinski definition) is 0. The fraction of sp³-hybridized carbons (Fsp3) is 0.600. The van der Waals surface area contributed by atoms with E-state index in [1.807, 2.05) is 20.8 Å². The summed E-state index contributed by atoms with van der Waals surface area (Å²) in [7, 11) is 0. The summed E-state index contributed by atoms with van der Waals surface area (Å²) in [5, 5.41) is 0. The molecule has 1 aliphatic heterocycles. The van der Waals surface area contributed by atoms with Crippen LogP contribution in [0.25, 0.3) is 0 Å². The van der Waals surface area contributed by atoms with Crippen molar-refractivity contribution in [1.29, 1.82) is 0 Å². The van der Waals surface area contributed by atoms with Crippen LogP contribution in [0.5, 0.6) is 0 Å². The molecule has 2 aliphatic carbocycles. The van der Waals surface area contributed by atoms with Crippen LogP contribution in [0.1, 0.15) is 33.6 Å². The molecule has 0 aromatic carbocycles. The summed E-state index contributed by atoms with van der Waals surface area (Å²) >= 11 is 0. The third kappa shape index (κ3) is 1.43. The third-order valence-electron chi connectivity index (χ3n) is 4.76. The molecule has 0 aromatic heterocycles. The number of ketones is 1. The van der Waals surface area contributed by atoms with Crippen LogP contribution in [-0.4, -0.2) is 17.9 Å². The molecule has 1 fully saturated rings. The first-order valence-electron chi connectivity index (χ1n) is 6.63. The first-order chi connectivity index (χ1) is 8.50. The number of fused-ring (bicyclic) bond motifs is 3. The molecule has 0 bridgehead atoms. The number of esters is 1. The van der Waals surface area contributed by atoms with Gasteiger partial charge in [0.2, 0.25) is 0 Å². The van der Waals surface area contributed by atoms with E-state index >= 15 is 0 Å². The van der Waals surface area contributed by atoms with E-state index in [9.17, 15) is 9.59 Å². The molecule has 1 saturated heterocycles. The fourth-order valence-electron chi connectivity index (χ4n) is 3.69. The van der Waals surface area contributed by atoms with Gasteiger partial charge in [-0.25, -0.2) is 0 Å². The first-order valence-corrected chi connectivity index (χ1v) is 6.63. The van der Waals surface area contributed by atoms with E-state index in [4.69, 9.17) is 4.74 Å². The van der Waals surface area contributed by atoms with E-state index in [-0.39, 0.29) is 35.6 Å². The Morgan fingerprint density at radius 1 is 1.28 bits per heavy atom. The molecular formula is C15H18O3. The predicted octanol–water partition coefficient (Wildman–Crippen LogP) is 2.42. The zero-order valence-corrected chi connectivity index (χ0v) is 11.0. The topological polar surface area (TPSA) is 43.4 Å². The van der Waals surface area contributed by atoms with E-state index in [1.165, 1.54) is 5.57 Å². The lowest BCUT2D eigenvalue weighted by Gasteiger charge is -2.24. The van der Waals surface area contributed by atoms with Gasteiger partial charge in [0.15, 0.2) is 5.78 Å². The van der Waals surface area contributed by atoms with Crippen LogP contribution in [0.3, 0.4) is 0 Å². The Hall–Kier alpha value is -1.38. The largest absolute Gasteiger partial charge is 0.461 e. The standard InChI is InChI=1S/C15H18O3/c1-7-4-5-10-9(3)15(17)18-14(10)13-8(2)6-11(16)12(7)13/h6,9-10,13-14H,4-5H2,1-3H3/t9-,10+,13-,14-/m0/s1. The minimum atomic E-state index is -0.123. The second-order valence-corrected chi connectivity index (χ2v) is 5.82. The molecule has 18 heavy (non-hydrogen) atoms. The molecule has 1 heterocycles. The van der Waals surface area contributed by atoms with Gasteiger partial charge < -0.3 is 4.74 Å². The van der Waals surface area contributed by atoms with Gasteiger partial charge in [0, 0.05) is 17.4 Å². The molecule has 3 nitrogen and oxygen atoms in total. The lowest BCUT2D eigenvalue weighted by atomic mass is 9.81. The van der Waals surface area contributed by atoms with E-state index in [0.717, 1.165) is 24.0 Å². The zero-order valence-electron chi connectivity index (χ0n) is 11.0. The van der Waals surface area contributed by atoms with Crippen LogP contribution in [0.15, 0.2) is 22.8 Å². The van der Waals surface area contributed by atoms with Crippen LogP contribution in [0, 0.1) is 17.8 Å². The molecule has 4 atom stereocenters. The maximum atomic E-state index is 12.1. The molecule has 3 heteroatoms. The molecule has 0 unspecified atom stereocenters. The molecule has 0 N–H and O–H groups in total. The summed E-state index contributed by atoms with van der Waals surface area (Å²) < 4.78 is 5.57. The zero-order chi connectivity index (χ0) is 13.0. The molecule has 3 rings (SSSR count). The number of carbonyl (C=O) groups is 2. The van der Waals surface area contributed by atoms with E-state index in [2.05, 4.69) is 0 Å². The lowest BCUT2D eigenvalue weighted by molar-refractivity contribution is -0.144. The van der Waals surface area contributed by atoms with Crippen LogP contribution in [-0.2, 0) is 14.3 Å². The van der Waals surface area contributed by atoms with Gasteiger partial charge in [0.05, 0.1) is 5.92 Å². The summed E-state index contributed by atoms with van der Waals surface area (Å²) in [6, 6.07) is 0. The molecular weight excluding hydrogens is 228 g/mol. The Labute approximate surface area is 107 Å².